The number of sulfonamides is 1. The van der Waals surface area contributed by atoms with E-state index in [2.05, 4.69) is 10.1 Å². The summed E-state index contributed by atoms with van der Waals surface area (Å²) in [6, 6.07) is 6.07. The van der Waals surface area contributed by atoms with Gasteiger partial charge in [-0.1, -0.05) is 0 Å². The second kappa shape index (κ2) is 7.52. The fourth-order valence-electron chi connectivity index (χ4n) is 2.62. The number of benzene rings is 1. The highest BCUT2D eigenvalue weighted by Crippen LogP contribution is 2.34. The third-order valence-corrected chi connectivity index (χ3v) is 5.87. The first kappa shape index (κ1) is 19.7. The molecule has 0 aliphatic carbocycles. The van der Waals surface area contributed by atoms with Crippen molar-refractivity contribution in [2.45, 2.75) is 4.90 Å². The van der Waals surface area contributed by atoms with Crippen molar-refractivity contribution in [1.82, 2.24) is 8.87 Å². The highest BCUT2D eigenvalue weighted by atomic mass is 32.2. The van der Waals surface area contributed by atoms with Crippen LogP contribution in [-0.2, 0) is 26.6 Å². The van der Waals surface area contributed by atoms with E-state index in [9.17, 15) is 18.0 Å². The number of methoxy groups -OCH3 is 1. The number of likely N-dealkylation sites (N-methyl/N-ethyl adjacent to an activating group) is 1. The molecule has 3 rings (SSSR count). The van der Waals surface area contributed by atoms with Gasteiger partial charge in [0.1, 0.15) is 10.6 Å². The van der Waals surface area contributed by atoms with Crippen molar-refractivity contribution in [2.75, 3.05) is 32.8 Å². The molecule has 1 N–H and O–H groups in total. The molecular formula is C17H19N3O7S. The molecule has 0 spiro atoms. The molecule has 1 aromatic heterocycles. The van der Waals surface area contributed by atoms with E-state index in [0.717, 1.165) is 4.31 Å². The Bertz CT molecular complexity index is 1030. The Labute approximate surface area is 161 Å². The molecule has 2 heterocycles. The van der Waals surface area contributed by atoms with Crippen LogP contribution in [0, 0.1) is 0 Å². The number of carbonyl (C=O) groups is 2. The smallest absolute Gasteiger partial charge is 0.354 e. The van der Waals surface area contributed by atoms with Gasteiger partial charge in [0, 0.05) is 32.0 Å². The minimum atomic E-state index is -3.98. The molecule has 28 heavy (non-hydrogen) atoms. The number of ether oxygens (including phenoxy) is 3. The second-order valence-corrected chi connectivity index (χ2v) is 8.09. The highest BCUT2D eigenvalue weighted by Gasteiger charge is 2.27. The standard InChI is InChI=1S/C17H19N3O7S/c1-19-8-12(7-13(19)17(22)25-3)28(23,24)20(2)9-16(21)18-11-4-5-14-15(6-11)27-10-26-14/h4-8H,9-10H2,1-3H3,(H,18,21). The lowest BCUT2D eigenvalue weighted by Crippen LogP contribution is -2.34. The molecule has 0 bridgehead atoms. The minimum absolute atomic E-state index is 0.0827. The summed E-state index contributed by atoms with van der Waals surface area (Å²) < 4.78 is 42.7. The van der Waals surface area contributed by atoms with Gasteiger partial charge in [0.05, 0.1) is 13.7 Å². The average Bonchev–Trinajstić information content (AvgIpc) is 3.27. The molecule has 1 aromatic carbocycles. The van der Waals surface area contributed by atoms with Crippen LogP contribution in [0.5, 0.6) is 11.5 Å². The maximum absolute atomic E-state index is 12.7. The van der Waals surface area contributed by atoms with Gasteiger partial charge in [-0.3, -0.25) is 4.79 Å². The van der Waals surface area contributed by atoms with E-state index < -0.39 is 28.4 Å². The van der Waals surface area contributed by atoms with Gasteiger partial charge in [0.2, 0.25) is 22.7 Å². The Morgan fingerprint density at radius 2 is 1.96 bits per heavy atom. The quantitative estimate of drug-likeness (QED) is 0.702. The summed E-state index contributed by atoms with van der Waals surface area (Å²) in [6.07, 6.45) is 1.29. The van der Waals surface area contributed by atoms with Gasteiger partial charge < -0.3 is 24.1 Å². The Morgan fingerprint density at radius 1 is 1.25 bits per heavy atom. The van der Waals surface area contributed by atoms with Gasteiger partial charge in [-0.2, -0.15) is 4.31 Å². The van der Waals surface area contributed by atoms with Crippen LogP contribution in [0.1, 0.15) is 10.5 Å². The molecule has 0 saturated heterocycles. The molecule has 1 amide bonds. The van der Waals surface area contributed by atoms with Crippen LogP contribution < -0.4 is 14.8 Å². The summed E-state index contributed by atoms with van der Waals surface area (Å²) in [5.41, 5.74) is 0.534. The number of rotatable bonds is 6. The third-order valence-electron chi connectivity index (χ3n) is 4.11. The van der Waals surface area contributed by atoms with Crippen molar-refractivity contribution in [3.63, 3.8) is 0 Å². The van der Waals surface area contributed by atoms with E-state index in [-0.39, 0.29) is 17.4 Å². The lowest BCUT2D eigenvalue weighted by Gasteiger charge is -2.16. The van der Waals surface area contributed by atoms with Gasteiger partial charge >= 0.3 is 5.97 Å². The maximum atomic E-state index is 12.7. The Balaban J connectivity index is 1.70. The van der Waals surface area contributed by atoms with Crippen molar-refractivity contribution >= 4 is 27.6 Å². The van der Waals surface area contributed by atoms with Crippen LogP contribution in [0.25, 0.3) is 0 Å². The van der Waals surface area contributed by atoms with Crippen LogP contribution >= 0.6 is 0 Å². The lowest BCUT2D eigenvalue weighted by molar-refractivity contribution is -0.116. The largest absolute Gasteiger partial charge is 0.464 e. The molecule has 0 atom stereocenters. The molecule has 150 valence electrons. The number of hydrogen-bond donors (Lipinski definition) is 1. The van der Waals surface area contributed by atoms with E-state index in [1.807, 2.05) is 0 Å². The fraction of sp³-hybridized carbons (Fsp3) is 0.294. The molecule has 0 radical (unpaired) electrons. The van der Waals surface area contributed by atoms with E-state index >= 15 is 0 Å². The lowest BCUT2D eigenvalue weighted by atomic mass is 10.3. The molecule has 1 aliphatic heterocycles. The SMILES string of the molecule is COC(=O)c1cc(S(=O)(=O)N(C)CC(=O)Nc2ccc3c(c2)OCO3)cn1C. The molecule has 0 fully saturated rings. The van der Waals surface area contributed by atoms with Gasteiger partial charge in [0.25, 0.3) is 0 Å². The van der Waals surface area contributed by atoms with Gasteiger partial charge in [-0.05, 0) is 18.2 Å². The van der Waals surface area contributed by atoms with E-state index in [1.165, 1.54) is 38.0 Å². The maximum Gasteiger partial charge on any atom is 0.354 e. The zero-order valence-corrected chi connectivity index (χ0v) is 16.3. The number of fused-ring (bicyclic) bond motifs is 1. The number of carbonyl (C=O) groups excluding carboxylic acids is 2. The number of anilines is 1. The second-order valence-electron chi connectivity index (χ2n) is 6.04. The first-order chi connectivity index (χ1) is 13.2. The van der Waals surface area contributed by atoms with Gasteiger partial charge in [-0.25, -0.2) is 13.2 Å². The molecule has 2 aromatic rings. The van der Waals surface area contributed by atoms with Crippen molar-refractivity contribution in [3.05, 3.63) is 36.2 Å². The first-order valence-corrected chi connectivity index (χ1v) is 9.57. The number of amides is 1. The van der Waals surface area contributed by atoms with Gasteiger partial charge in [0.15, 0.2) is 11.5 Å². The molecule has 0 unspecified atom stereocenters. The number of nitrogens with one attached hydrogen (secondary N) is 1. The van der Waals surface area contributed by atoms with Crippen LogP contribution in [0.3, 0.4) is 0 Å². The number of hydrogen-bond acceptors (Lipinski definition) is 7. The topological polar surface area (TPSA) is 116 Å². The zero-order valence-electron chi connectivity index (χ0n) is 15.5. The molecule has 1 aliphatic rings. The van der Waals surface area contributed by atoms with E-state index in [4.69, 9.17) is 9.47 Å². The van der Waals surface area contributed by atoms with Crippen LogP contribution in [-0.4, -0.2) is 56.7 Å². The first-order valence-electron chi connectivity index (χ1n) is 8.13. The third kappa shape index (κ3) is 3.80. The average molecular weight is 409 g/mol. The summed E-state index contributed by atoms with van der Waals surface area (Å²) in [7, 11) is 0.0270. The summed E-state index contributed by atoms with van der Waals surface area (Å²) in [4.78, 5) is 23.8. The Morgan fingerprint density at radius 3 is 2.68 bits per heavy atom. The predicted octanol–water partition coefficient (Wildman–Crippen LogP) is 0.800. The highest BCUT2D eigenvalue weighted by molar-refractivity contribution is 7.89. The van der Waals surface area contributed by atoms with Crippen molar-refractivity contribution in [1.29, 1.82) is 0 Å². The van der Waals surface area contributed by atoms with Crippen molar-refractivity contribution in [2.24, 2.45) is 7.05 Å². The summed E-state index contributed by atoms with van der Waals surface area (Å²) in [5, 5.41) is 2.61. The summed E-state index contributed by atoms with van der Waals surface area (Å²) >= 11 is 0. The molecular weight excluding hydrogens is 390 g/mol. The van der Waals surface area contributed by atoms with E-state index in [0.29, 0.717) is 17.2 Å². The van der Waals surface area contributed by atoms with Crippen LogP contribution in [0.4, 0.5) is 5.69 Å². The number of nitrogens with zero attached hydrogens (tertiary/aromatic N) is 2. The molecule has 0 saturated carbocycles. The number of aryl methyl sites for hydroxylation is 1. The Hall–Kier alpha value is -3.05. The Kier molecular flexibility index (Phi) is 5.29. The van der Waals surface area contributed by atoms with Crippen molar-refractivity contribution < 1.29 is 32.2 Å². The number of aromatic nitrogens is 1. The van der Waals surface area contributed by atoms with Crippen molar-refractivity contribution in [3.8, 4) is 11.5 Å². The van der Waals surface area contributed by atoms with Crippen LogP contribution in [0.2, 0.25) is 0 Å². The fourth-order valence-corrected chi connectivity index (χ4v) is 3.82. The van der Waals surface area contributed by atoms with E-state index in [1.54, 1.807) is 18.2 Å². The minimum Gasteiger partial charge on any atom is -0.464 e. The van der Waals surface area contributed by atoms with Crippen LogP contribution in [0.15, 0.2) is 35.4 Å². The predicted molar refractivity (Wildman–Crippen MR) is 97.8 cm³/mol. The summed E-state index contributed by atoms with van der Waals surface area (Å²) in [5.74, 6) is -0.122. The zero-order chi connectivity index (χ0) is 20.5. The monoisotopic (exact) mass is 409 g/mol. The van der Waals surface area contributed by atoms with Gasteiger partial charge in [-0.15, -0.1) is 0 Å². The molecule has 10 nitrogen and oxygen atoms in total. The summed E-state index contributed by atoms with van der Waals surface area (Å²) in [6.45, 7) is -0.308. The number of esters is 1. The normalized spacial score (nSPS) is 12.9. The molecule has 11 heteroatoms.